The Labute approximate surface area is 92.5 Å². The molecule has 0 amide bonds. The summed E-state index contributed by atoms with van der Waals surface area (Å²) in [6.45, 7) is -0.292. The monoisotopic (exact) mass is 259 g/mol. The zero-order valence-electron chi connectivity index (χ0n) is 7.41. The van der Waals surface area contributed by atoms with E-state index in [0.717, 1.165) is 0 Å². The average molecular weight is 259 g/mol. The number of thioether (sulfide) groups is 1. The van der Waals surface area contributed by atoms with E-state index in [4.69, 9.17) is 17.3 Å². The Bertz CT molecular complexity index is 372. The Morgan fingerprint density at radius 3 is 2.73 bits per heavy atom. The number of hydrogen-bond donors (Lipinski definition) is 2. The topological polar surface area (TPSA) is 53.8 Å². The van der Waals surface area contributed by atoms with Crippen LogP contribution in [0.5, 0.6) is 0 Å². The Morgan fingerprint density at radius 1 is 1.53 bits per heavy atom. The SMILES string of the molecule is OCc1n[nH]c(=S)n1CCSC(F)(F)F. The molecule has 1 rings (SSSR count). The number of aromatic amines is 1. The number of aliphatic hydroxyl groups is 1. The summed E-state index contributed by atoms with van der Waals surface area (Å²) >= 11 is 4.66. The van der Waals surface area contributed by atoms with Gasteiger partial charge in [0.25, 0.3) is 0 Å². The van der Waals surface area contributed by atoms with E-state index >= 15 is 0 Å². The van der Waals surface area contributed by atoms with Gasteiger partial charge in [-0.1, -0.05) is 0 Å². The maximum Gasteiger partial charge on any atom is 0.441 e. The molecule has 0 unspecified atom stereocenters. The number of rotatable bonds is 4. The Morgan fingerprint density at radius 2 is 2.20 bits per heavy atom. The minimum Gasteiger partial charge on any atom is -0.388 e. The largest absolute Gasteiger partial charge is 0.441 e. The number of nitrogens with one attached hydrogen (secondary N) is 1. The van der Waals surface area contributed by atoms with Crippen molar-refractivity contribution in [3.8, 4) is 0 Å². The summed E-state index contributed by atoms with van der Waals surface area (Å²) in [5.41, 5.74) is -4.24. The van der Waals surface area contributed by atoms with Gasteiger partial charge in [0, 0.05) is 12.3 Å². The van der Waals surface area contributed by atoms with Crippen molar-refractivity contribution in [2.45, 2.75) is 18.7 Å². The van der Waals surface area contributed by atoms with Gasteiger partial charge in [-0.2, -0.15) is 18.3 Å². The summed E-state index contributed by atoms with van der Waals surface area (Å²) < 4.78 is 37.0. The molecule has 0 aliphatic rings. The van der Waals surface area contributed by atoms with E-state index in [1.165, 1.54) is 4.57 Å². The van der Waals surface area contributed by atoms with Gasteiger partial charge >= 0.3 is 5.51 Å². The van der Waals surface area contributed by atoms with Crippen LogP contribution < -0.4 is 0 Å². The highest BCUT2D eigenvalue weighted by Crippen LogP contribution is 2.30. The third-order valence-corrected chi connectivity index (χ3v) is 2.59. The summed E-state index contributed by atoms with van der Waals surface area (Å²) in [5, 5.41) is 14.9. The van der Waals surface area contributed by atoms with Gasteiger partial charge in [0.15, 0.2) is 10.6 Å². The molecule has 9 heteroatoms. The van der Waals surface area contributed by atoms with E-state index in [2.05, 4.69) is 10.2 Å². The summed E-state index contributed by atoms with van der Waals surface area (Å²) in [7, 11) is 0. The van der Waals surface area contributed by atoms with Gasteiger partial charge in [-0.05, 0) is 24.0 Å². The zero-order chi connectivity index (χ0) is 11.5. The third-order valence-electron chi connectivity index (χ3n) is 1.56. The molecule has 1 heterocycles. The molecule has 0 atom stereocenters. The van der Waals surface area contributed by atoms with E-state index in [9.17, 15) is 13.2 Å². The molecule has 0 aliphatic carbocycles. The van der Waals surface area contributed by atoms with Crippen molar-refractivity contribution in [2.24, 2.45) is 0 Å². The molecule has 0 radical (unpaired) electrons. The number of nitrogens with zero attached hydrogens (tertiary/aromatic N) is 2. The fourth-order valence-corrected chi connectivity index (χ4v) is 1.70. The van der Waals surface area contributed by atoms with Crippen molar-refractivity contribution in [1.82, 2.24) is 14.8 Å². The van der Waals surface area contributed by atoms with Crippen molar-refractivity contribution in [3.63, 3.8) is 0 Å². The van der Waals surface area contributed by atoms with Gasteiger partial charge in [0.2, 0.25) is 0 Å². The van der Waals surface area contributed by atoms with Crippen LogP contribution in [0, 0.1) is 4.77 Å². The predicted octanol–water partition coefficient (Wildman–Crippen LogP) is 1.69. The highest BCUT2D eigenvalue weighted by atomic mass is 32.2. The average Bonchev–Trinajstić information content (AvgIpc) is 2.46. The summed E-state index contributed by atoms with van der Waals surface area (Å²) in [5.74, 6) is 0.0763. The molecular formula is C6H8F3N3OS2. The Hall–Kier alpha value is -0.540. The molecule has 0 aromatic carbocycles. The highest BCUT2D eigenvalue weighted by Gasteiger charge is 2.27. The van der Waals surface area contributed by atoms with Gasteiger partial charge in [-0.3, -0.25) is 5.10 Å². The molecule has 2 N–H and O–H groups in total. The third kappa shape index (κ3) is 3.84. The molecule has 0 saturated carbocycles. The molecule has 1 aromatic rings. The first-order valence-corrected chi connectivity index (χ1v) is 5.29. The van der Waals surface area contributed by atoms with Crippen molar-refractivity contribution in [2.75, 3.05) is 5.75 Å². The number of H-pyrrole nitrogens is 1. The zero-order valence-corrected chi connectivity index (χ0v) is 9.05. The number of hydrogen-bond acceptors (Lipinski definition) is 4. The second-order valence-electron chi connectivity index (χ2n) is 2.55. The second kappa shape index (κ2) is 4.99. The van der Waals surface area contributed by atoms with E-state index in [-0.39, 0.29) is 41.3 Å². The lowest BCUT2D eigenvalue weighted by Gasteiger charge is -2.06. The standard InChI is InChI=1S/C6H8F3N3OS2/c7-6(8,9)15-2-1-12-4(3-13)10-11-5(12)14/h13H,1-3H2,(H,11,14). The first-order chi connectivity index (χ1) is 6.94. The molecular weight excluding hydrogens is 251 g/mol. The van der Waals surface area contributed by atoms with E-state index in [0.29, 0.717) is 0 Å². The van der Waals surface area contributed by atoms with Crippen molar-refractivity contribution in [3.05, 3.63) is 10.6 Å². The first kappa shape index (κ1) is 12.5. The van der Waals surface area contributed by atoms with Crippen LogP contribution in [-0.2, 0) is 13.2 Å². The second-order valence-corrected chi connectivity index (χ2v) is 4.10. The molecule has 1 aromatic heterocycles. The van der Waals surface area contributed by atoms with Crippen LogP contribution in [0.3, 0.4) is 0 Å². The van der Waals surface area contributed by atoms with Gasteiger partial charge in [-0.25, -0.2) is 0 Å². The fourth-order valence-electron chi connectivity index (χ4n) is 0.954. The number of halogens is 3. The van der Waals surface area contributed by atoms with Gasteiger partial charge < -0.3 is 9.67 Å². The van der Waals surface area contributed by atoms with E-state index in [1.807, 2.05) is 0 Å². The quantitative estimate of drug-likeness (QED) is 0.808. The molecule has 0 saturated heterocycles. The van der Waals surface area contributed by atoms with Crippen molar-refractivity contribution >= 4 is 24.0 Å². The number of alkyl halides is 3. The molecule has 0 fully saturated rings. The van der Waals surface area contributed by atoms with Crippen molar-refractivity contribution < 1.29 is 18.3 Å². The van der Waals surface area contributed by atoms with Gasteiger partial charge in [-0.15, -0.1) is 0 Å². The minimum atomic E-state index is -4.24. The lowest BCUT2D eigenvalue weighted by molar-refractivity contribution is -0.0328. The maximum atomic E-state index is 11.8. The van der Waals surface area contributed by atoms with Gasteiger partial charge in [0.1, 0.15) is 6.61 Å². The smallest absolute Gasteiger partial charge is 0.388 e. The number of aliphatic hydroxyl groups excluding tert-OH is 1. The van der Waals surface area contributed by atoms with Crippen LogP contribution in [0.25, 0.3) is 0 Å². The molecule has 0 bridgehead atoms. The summed E-state index contributed by atoms with van der Waals surface area (Å²) in [4.78, 5) is 0. The van der Waals surface area contributed by atoms with Crippen LogP contribution in [-0.4, -0.2) is 31.1 Å². The van der Waals surface area contributed by atoms with Crippen LogP contribution in [0.2, 0.25) is 0 Å². The molecule has 0 aliphatic heterocycles. The minimum absolute atomic E-state index is 0.0649. The van der Waals surface area contributed by atoms with Crippen LogP contribution in [0.1, 0.15) is 5.82 Å². The molecule has 15 heavy (non-hydrogen) atoms. The lowest BCUT2D eigenvalue weighted by Crippen LogP contribution is -2.09. The van der Waals surface area contributed by atoms with Crippen LogP contribution >= 0.6 is 24.0 Å². The predicted molar refractivity (Wildman–Crippen MR) is 51.8 cm³/mol. The lowest BCUT2D eigenvalue weighted by atomic mass is 10.6. The van der Waals surface area contributed by atoms with Gasteiger partial charge in [0.05, 0.1) is 0 Å². The van der Waals surface area contributed by atoms with Crippen molar-refractivity contribution in [1.29, 1.82) is 0 Å². The molecule has 0 spiro atoms. The Kier molecular flexibility index (Phi) is 4.17. The van der Waals surface area contributed by atoms with E-state index in [1.54, 1.807) is 0 Å². The highest BCUT2D eigenvalue weighted by molar-refractivity contribution is 8.00. The maximum absolute atomic E-state index is 11.8. The summed E-state index contributed by atoms with van der Waals surface area (Å²) in [6.07, 6.45) is 0. The van der Waals surface area contributed by atoms with E-state index < -0.39 is 5.51 Å². The molecule has 86 valence electrons. The summed E-state index contributed by atoms with van der Waals surface area (Å²) in [6, 6.07) is 0. The molecule has 4 nitrogen and oxygen atoms in total. The Balaban J connectivity index is 2.57. The van der Waals surface area contributed by atoms with Crippen LogP contribution in [0.4, 0.5) is 13.2 Å². The normalized spacial score (nSPS) is 12.0. The van der Waals surface area contributed by atoms with Crippen LogP contribution in [0.15, 0.2) is 0 Å². The first-order valence-electron chi connectivity index (χ1n) is 3.89. The number of aromatic nitrogens is 3. The fraction of sp³-hybridized carbons (Fsp3) is 0.667.